The number of benzene rings is 2. The number of anilines is 1. The monoisotopic (exact) mass is 328 g/mol. The summed E-state index contributed by atoms with van der Waals surface area (Å²) in [6.07, 6.45) is 0. The lowest BCUT2D eigenvalue weighted by molar-refractivity contribution is 0.251. The van der Waals surface area contributed by atoms with Crippen LogP contribution in [0, 0.1) is 5.82 Å². The van der Waals surface area contributed by atoms with Crippen molar-refractivity contribution in [2.45, 2.75) is 6.54 Å². The number of hydrogen-bond donors (Lipinski definition) is 3. The fourth-order valence-electron chi connectivity index (χ4n) is 2.19. The predicted octanol–water partition coefficient (Wildman–Crippen LogP) is 2.96. The molecule has 3 N–H and O–H groups in total. The number of aromatic hydroxyl groups is 1. The minimum atomic E-state index is -0.858. The van der Waals surface area contributed by atoms with Gasteiger partial charge in [0.1, 0.15) is 11.4 Å². The van der Waals surface area contributed by atoms with Crippen LogP contribution in [0.25, 0.3) is 11.0 Å². The maximum absolute atomic E-state index is 12.8. The van der Waals surface area contributed by atoms with Crippen LogP contribution < -0.4 is 16.3 Å². The van der Waals surface area contributed by atoms with E-state index in [1.54, 1.807) is 18.2 Å². The zero-order valence-corrected chi connectivity index (χ0v) is 12.4. The van der Waals surface area contributed by atoms with Gasteiger partial charge in [0.2, 0.25) is 0 Å². The van der Waals surface area contributed by atoms with E-state index in [9.17, 15) is 19.1 Å². The Balaban J connectivity index is 1.75. The third-order valence-corrected chi connectivity index (χ3v) is 3.39. The van der Waals surface area contributed by atoms with E-state index in [1.165, 1.54) is 30.3 Å². The molecule has 7 heteroatoms. The van der Waals surface area contributed by atoms with Gasteiger partial charge in [-0.1, -0.05) is 24.3 Å². The quantitative estimate of drug-likeness (QED) is 0.645. The Bertz CT molecular complexity index is 951. The van der Waals surface area contributed by atoms with Gasteiger partial charge < -0.3 is 14.8 Å². The molecule has 0 unspecified atom stereocenters. The van der Waals surface area contributed by atoms with Crippen LogP contribution in [0.4, 0.5) is 14.9 Å². The molecular formula is C17H13FN2O4. The Morgan fingerprint density at radius 3 is 2.58 bits per heavy atom. The number of hydrogen-bond acceptors (Lipinski definition) is 4. The summed E-state index contributed by atoms with van der Waals surface area (Å²) in [6, 6.07) is 11.3. The first kappa shape index (κ1) is 15.5. The minimum Gasteiger partial charge on any atom is -0.505 e. The van der Waals surface area contributed by atoms with Crippen LogP contribution in [0.5, 0.6) is 5.75 Å². The van der Waals surface area contributed by atoms with E-state index in [2.05, 4.69) is 10.6 Å². The van der Waals surface area contributed by atoms with Gasteiger partial charge in [-0.3, -0.25) is 5.32 Å². The van der Waals surface area contributed by atoms with Gasteiger partial charge in [-0.05, 0) is 29.8 Å². The predicted molar refractivity (Wildman–Crippen MR) is 86.4 cm³/mol. The standard InChI is InChI=1S/C17H13FN2O4/c18-11-7-5-10(6-8-11)9-19-17(23)20-14-15(21)12-3-1-2-4-13(12)24-16(14)22/h1-8,21H,9H2,(H2,19,20,23). The summed E-state index contributed by atoms with van der Waals surface area (Å²) >= 11 is 0. The van der Waals surface area contributed by atoms with E-state index in [0.29, 0.717) is 10.9 Å². The number of amides is 2. The van der Waals surface area contributed by atoms with Crippen LogP contribution in [-0.4, -0.2) is 11.1 Å². The lowest BCUT2D eigenvalue weighted by Gasteiger charge is -2.09. The van der Waals surface area contributed by atoms with Crippen molar-refractivity contribution >= 4 is 22.7 Å². The van der Waals surface area contributed by atoms with E-state index >= 15 is 0 Å². The Morgan fingerprint density at radius 1 is 1.12 bits per heavy atom. The SMILES string of the molecule is O=C(NCc1ccc(F)cc1)Nc1c(O)c2ccccc2oc1=O. The fourth-order valence-corrected chi connectivity index (χ4v) is 2.19. The second kappa shape index (κ2) is 6.41. The molecule has 2 aromatic carbocycles. The highest BCUT2D eigenvalue weighted by Crippen LogP contribution is 2.29. The number of rotatable bonds is 3. The molecule has 1 aromatic heterocycles. The first-order valence-corrected chi connectivity index (χ1v) is 7.08. The third kappa shape index (κ3) is 3.19. The third-order valence-electron chi connectivity index (χ3n) is 3.39. The number of urea groups is 1. The van der Waals surface area contributed by atoms with Gasteiger partial charge in [-0.15, -0.1) is 0 Å². The average Bonchev–Trinajstić information content (AvgIpc) is 2.58. The topological polar surface area (TPSA) is 91.6 Å². The molecule has 0 bridgehead atoms. The van der Waals surface area contributed by atoms with Gasteiger partial charge >= 0.3 is 11.7 Å². The van der Waals surface area contributed by atoms with Crippen molar-refractivity contribution in [2.24, 2.45) is 0 Å². The summed E-state index contributed by atoms with van der Waals surface area (Å²) < 4.78 is 17.9. The van der Waals surface area contributed by atoms with E-state index in [-0.39, 0.29) is 29.4 Å². The van der Waals surface area contributed by atoms with Crippen molar-refractivity contribution in [3.05, 3.63) is 70.3 Å². The lowest BCUT2D eigenvalue weighted by Crippen LogP contribution is -2.30. The van der Waals surface area contributed by atoms with Gasteiger partial charge in [0.25, 0.3) is 0 Å². The van der Waals surface area contributed by atoms with Gasteiger partial charge in [0.15, 0.2) is 11.4 Å². The van der Waals surface area contributed by atoms with Gasteiger partial charge in [0.05, 0.1) is 5.39 Å². The zero-order chi connectivity index (χ0) is 17.1. The van der Waals surface area contributed by atoms with E-state index in [1.807, 2.05) is 0 Å². The zero-order valence-electron chi connectivity index (χ0n) is 12.4. The first-order valence-electron chi connectivity index (χ1n) is 7.08. The highest BCUT2D eigenvalue weighted by Gasteiger charge is 2.15. The normalized spacial score (nSPS) is 10.5. The Kier molecular flexibility index (Phi) is 4.15. The van der Waals surface area contributed by atoms with Crippen LogP contribution >= 0.6 is 0 Å². The molecule has 3 rings (SSSR count). The summed E-state index contributed by atoms with van der Waals surface area (Å²) in [7, 11) is 0. The highest BCUT2D eigenvalue weighted by molar-refractivity contribution is 5.95. The average molecular weight is 328 g/mol. The number of fused-ring (bicyclic) bond motifs is 1. The molecule has 3 aromatic rings. The smallest absolute Gasteiger partial charge is 0.364 e. The number of carbonyl (C=O) groups excluding carboxylic acids is 1. The second-order valence-corrected chi connectivity index (χ2v) is 5.04. The highest BCUT2D eigenvalue weighted by atomic mass is 19.1. The first-order chi connectivity index (χ1) is 11.5. The fraction of sp³-hybridized carbons (Fsp3) is 0.0588. The maximum atomic E-state index is 12.8. The van der Waals surface area contributed by atoms with Crippen molar-refractivity contribution in [3.8, 4) is 5.75 Å². The molecule has 0 radical (unpaired) electrons. The molecule has 0 aliphatic heterocycles. The van der Waals surface area contributed by atoms with Gasteiger partial charge in [-0.25, -0.2) is 14.0 Å². The Hall–Kier alpha value is -3.35. The van der Waals surface area contributed by atoms with E-state index in [4.69, 9.17) is 4.42 Å². The number of para-hydroxylation sites is 1. The molecule has 0 fully saturated rings. The molecule has 24 heavy (non-hydrogen) atoms. The van der Waals surface area contributed by atoms with Gasteiger partial charge in [-0.2, -0.15) is 0 Å². The Labute approximate surface area is 135 Å². The largest absolute Gasteiger partial charge is 0.505 e. The van der Waals surface area contributed by atoms with Crippen molar-refractivity contribution in [3.63, 3.8) is 0 Å². The van der Waals surface area contributed by atoms with Crippen molar-refractivity contribution in [1.82, 2.24) is 5.32 Å². The van der Waals surface area contributed by atoms with Crippen molar-refractivity contribution < 1.29 is 18.7 Å². The second-order valence-electron chi connectivity index (χ2n) is 5.04. The van der Waals surface area contributed by atoms with Crippen LogP contribution in [0.1, 0.15) is 5.56 Å². The van der Waals surface area contributed by atoms with Crippen molar-refractivity contribution in [1.29, 1.82) is 0 Å². The summed E-state index contributed by atoms with van der Waals surface area (Å²) in [5.41, 5.74) is -0.299. The van der Waals surface area contributed by atoms with Crippen LogP contribution in [-0.2, 0) is 6.54 Å². The molecule has 6 nitrogen and oxygen atoms in total. The van der Waals surface area contributed by atoms with Crippen LogP contribution in [0.2, 0.25) is 0 Å². The Morgan fingerprint density at radius 2 is 1.83 bits per heavy atom. The number of halogens is 1. The molecule has 122 valence electrons. The molecule has 0 atom stereocenters. The molecule has 0 saturated carbocycles. The maximum Gasteiger partial charge on any atom is 0.364 e. The molecule has 1 heterocycles. The number of carbonyl (C=O) groups is 1. The van der Waals surface area contributed by atoms with Crippen LogP contribution in [0.3, 0.4) is 0 Å². The molecule has 0 aliphatic rings. The summed E-state index contributed by atoms with van der Waals surface area (Å²) in [4.78, 5) is 23.8. The molecule has 0 aliphatic carbocycles. The van der Waals surface area contributed by atoms with Crippen molar-refractivity contribution in [2.75, 3.05) is 5.32 Å². The minimum absolute atomic E-state index is 0.131. The number of nitrogens with one attached hydrogen (secondary N) is 2. The van der Waals surface area contributed by atoms with E-state index in [0.717, 1.165) is 0 Å². The summed E-state index contributed by atoms with van der Waals surface area (Å²) in [5, 5.41) is 15.2. The van der Waals surface area contributed by atoms with E-state index < -0.39 is 11.7 Å². The summed E-state index contributed by atoms with van der Waals surface area (Å²) in [6.45, 7) is 0.131. The molecule has 2 amide bonds. The van der Waals surface area contributed by atoms with Crippen LogP contribution in [0.15, 0.2) is 57.7 Å². The molecule has 0 spiro atoms. The lowest BCUT2D eigenvalue weighted by atomic mass is 10.2. The molecular weight excluding hydrogens is 315 g/mol. The van der Waals surface area contributed by atoms with Gasteiger partial charge in [0, 0.05) is 6.54 Å². The molecule has 0 saturated heterocycles. The summed E-state index contributed by atoms with van der Waals surface area (Å²) in [5.74, 6) is -0.735.